The van der Waals surface area contributed by atoms with Crippen molar-refractivity contribution < 1.29 is 0 Å². The first kappa shape index (κ1) is 12.7. The number of pyridine rings is 1. The van der Waals surface area contributed by atoms with Crippen LogP contribution in [0.2, 0.25) is 10.0 Å². The van der Waals surface area contributed by atoms with Crippen LogP contribution in [0.5, 0.6) is 0 Å². The number of halogens is 2. The molecule has 0 radical (unpaired) electrons. The van der Waals surface area contributed by atoms with Crippen molar-refractivity contribution in [3.05, 3.63) is 58.3 Å². The van der Waals surface area contributed by atoms with Crippen molar-refractivity contribution in [3.63, 3.8) is 0 Å². The number of hydrogen-bond acceptors (Lipinski definition) is 2. The van der Waals surface area contributed by atoms with Crippen LogP contribution in [0.25, 0.3) is 0 Å². The van der Waals surface area contributed by atoms with Crippen LogP contribution in [-0.2, 0) is 6.42 Å². The highest BCUT2D eigenvalue weighted by Crippen LogP contribution is 2.28. The summed E-state index contributed by atoms with van der Waals surface area (Å²) in [5.41, 5.74) is 1.30. The lowest BCUT2D eigenvalue weighted by atomic mass is 10.2. The Balaban J connectivity index is 1.88. The van der Waals surface area contributed by atoms with Gasteiger partial charge in [-0.15, -0.1) is 11.8 Å². The monoisotopic (exact) mass is 283 g/mol. The summed E-state index contributed by atoms with van der Waals surface area (Å²) in [6.07, 6.45) is 4.66. The van der Waals surface area contributed by atoms with Gasteiger partial charge in [-0.05, 0) is 42.3 Å². The van der Waals surface area contributed by atoms with Gasteiger partial charge in [0.1, 0.15) is 0 Å². The smallest absolute Gasteiger partial charge is 0.0603 e. The number of nitrogens with zero attached hydrogens (tertiary/aromatic N) is 1. The molecule has 17 heavy (non-hydrogen) atoms. The Kier molecular flexibility index (Phi) is 4.72. The van der Waals surface area contributed by atoms with Gasteiger partial charge in [0, 0.05) is 23.0 Å². The summed E-state index contributed by atoms with van der Waals surface area (Å²) in [5, 5.41) is 1.21. The van der Waals surface area contributed by atoms with E-state index in [4.69, 9.17) is 23.2 Å². The third-order valence-electron chi connectivity index (χ3n) is 2.30. The van der Waals surface area contributed by atoms with Crippen molar-refractivity contribution in [2.75, 3.05) is 5.75 Å². The lowest BCUT2D eigenvalue weighted by Crippen LogP contribution is -1.88. The minimum atomic E-state index is 0.602. The lowest BCUT2D eigenvalue weighted by molar-refractivity contribution is 1.13. The van der Waals surface area contributed by atoms with Crippen LogP contribution < -0.4 is 0 Å². The average molecular weight is 284 g/mol. The molecule has 0 saturated carbocycles. The normalized spacial score (nSPS) is 10.5. The van der Waals surface area contributed by atoms with Crippen LogP contribution in [0, 0.1) is 0 Å². The minimum Gasteiger partial charge on any atom is -0.265 e. The van der Waals surface area contributed by atoms with Crippen LogP contribution in [0.4, 0.5) is 0 Å². The number of benzene rings is 1. The van der Waals surface area contributed by atoms with E-state index in [9.17, 15) is 0 Å². The molecule has 1 heterocycles. The zero-order chi connectivity index (χ0) is 12.1. The molecule has 0 bridgehead atoms. The highest BCUT2D eigenvalue weighted by atomic mass is 35.5. The minimum absolute atomic E-state index is 0.602. The Labute approximate surface area is 115 Å². The summed E-state index contributed by atoms with van der Waals surface area (Å²) < 4.78 is 0. The van der Waals surface area contributed by atoms with Crippen LogP contribution in [0.1, 0.15) is 5.56 Å². The molecule has 0 aliphatic rings. The van der Waals surface area contributed by atoms with Gasteiger partial charge in [0.05, 0.1) is 10.0 Å². The van der Waals surface area contributed by atoms with Crippen molar-refractivity contribution in [1.82, 2.24) is 4.98 Å². The molecule has 0 fully saturated rings. The van der Waals surface area contributed by atoms with E-state index in [0.717, 1.165) is 17.1 Å². The molecule has 0 N–H and O–H groups in total. The molecular weight excluding hydrogens is 273 g/mol. The van der Waals surface area contributed by atoms with E-state index < -0.39 is 0 Å². The Bertz CT molecular complexity index is 488. The van der Waals surface area contributed by atoms with Crippen LogP contribution in [0.3, 0.4) is 0 Å². The third-order valence-corrected chi connectivity index (χ3v) is 4.03. The van der Waals surface area contributed by atoms with Crippen LogP contribution in [0.15, 0.2) is 47.6 Å². The zero-order valence-electron chi connectivity index (χ0n) is 9.07. The molecule has 0 unspecified atom stereocenters. The van der Waals surface area contributed by atoms with E-state index in [2.05, 4.69) is 4.98 Å². The summed E-state index contributed by atoms with van der Waals surface area (Å²) in [6, 6.07) is 9.80. The molecule has 88 valence electrons. The summed E-state index contributed by atoms with van der Waals surface area (Å²) in [4.78, 5) is 5.14. The van der Waals surface area contributed by atoms with E-state index in [0.29, 0.717) is 10.0 Å². The second-order valence-electron chi connectivity index (χ2n) is 3.53. The van der Waals surface area contributed by atoms with Crippen molar-refractivity contribution in [3.8, 4) is 0 Å². The first-order valence-electron chi connectivity index (χ1n) is 5.22. The van der Waals surface area contributed by atoms with Gasteiger partial charge in [0.15, 0.2) is 0 Å². The van der Waals surface area contributed by atoms with Crippen molar-refractivity contribution >= 4 is 35.0 Å². The SMILES string of the molecule is Clc1ccc(SCCc2ccncc2)cc1Cl. The summed E-state index contributed by atoms with van der Waals surface area (Å²) in [6.45, 7) is 0. The second kappa shape index (κ2) is 6.29. The first-order valence-corrected chi connectivity index (χ1v) is 6.96. The fraction of sp³-hybridized carbons (Fsp3) is 0.154. The lowest BCUT2D eigenvalue weighted by Gasteiger charge is -2.03. The first-order chi connectivity index (χ1) is 8.25. The number of hydrogen-bond donors (Lipinski definition) is 0. The molecule has 0 spiro atoms. The Hall–Kier alpha value is -0.700. The predicted molar refractivity (Wildman–Crippen MR) is 75.1 cm³/mol. The van der Waals surface area contributed by atoms with E-state index >= 15 is 0 Å². The van der Waals surface area contributed by atoms with E-state index in [1.165, 1.54) is 5.56 Å². The van der Waals surface area contributed by atoms with Crippen LogP contribution in [-0.4, -0.2) is 10.7 Å². The van der Waals surface area contributed by atoms with Gasteiger partial charge in [0.25, 0.3) is 0 Å². The summed E-state index contributed by atoms with van der Waals surface area (Å²) in [7, 11) is 0. The maximum atomic E-state index is 5.96. The molecule has 0 atom stereocenters. The second-order valence-corrected chi connectivity index (χ2v) is 5.51. The molecule has 0 amide bonds. The van der Waals surface area contributed by atoms with Gasteiger partial charge in [-0.25, -0.2) is 0 Å². The van der Waals surface area contributed by atoms with Gasteiger partial charge in [-0.3, -0.25) is 4.98 Å². The quantitative estimate of drug-likeness (QED) is 0.753. The fourth-order valence-electron chi connectivity index (χ4n) is 1.40. The fourth-order valence-corrected chi connectivity index (χ4v) is 2.70. The summed E-state index contributed by atoms with van der Waals surface area (Å²) in [5.74, 6) is 1.02. The maximum absolute atomic E-state index is 5.96. The molecule has 4 heteroatoms. The predicted octanol–water partition coefficient (Wildman–Crippen LogP) is 4.72. The molecule has 1 nitrogen and oxygen atoms in total. The summed E-state index contributed by atoms with van der Waals surface area (Å²) >= 11 is 13.6. The maximum Gasteiger partial charge on any atom is 0.0603 e. The molecule has 2 rings (SSSR count). The number of aromatic nitrogens is 1. The largest absolute Gasteiger partial charge is 0.265 e. The van der Waals surface area contributed by atoms with E-state index in [1.807, 2.05) is 42.7 Å². The standard InChI is InChI=1S/C13H11Cl2NS/c14-12-2-1-11(9-13(12)15)17-8-5-10-3-6-16-7-4-10/h1-4,6-7,9H,5,8H2. The molecular formula is C13H11Cl2NS. The van der Waals surface area contributed by atoms with Crippen molar-refractivity contribution in [2.45, 2.75) is 11.3 Å². The number of aryl methyl sites for hydroxylation is 1. The Morgan fingerprint density at radius 2 is 1.76 bits per heavy atom. The van der Waals surface area contributed by atoms with Gasteiger partial charge in [-0.2, -0.15) is 0 Å². The van der Waals surface area contributed by atoms with E-state index in [1.54, 1.807) is 11.8 Å². The number of thioether (sulfide) groups is 1. The Morgan fingerprint density at radius 1 is 1.00 bits per heavy atom. The molecule has 1 aromatic heterocycles. The number of rotatable bonds is 4. The average Bonchev–Trinajstić information content (AvgIpc) is 2.35. The van der Waals surface area contributed by atoms with Gasteiger partial charge in [-0.1, -0.05) is 23.2 Å². The molecule has 0 aliphatic carbocycles. The topological polar surface area (TPSA) is 12.9 Å². The van der Waals surface area contributed by atoms with Gasteiger partial charge >= 0.3 is 0 Å². The van der Waals surface area contributed by atoms with Gasteiger partial charge in [0.2, 0.25) is 0 Å². The van der Waals surface area contributed by atoms with Crippen molar-refractivity contribution in [1.29, 1.82) is 0 Å². The molecule has 0 aliphatic heterocycles. The van der Waals surface area contributed by atoms with E-state index in [-0.39, 0.29) is 0 Å². The third kappa shape index (κ3) is 3.91. The van der Waals surface area contributed by atoms with Gasteiger partial charge < -0.3 is 0 Å². The highest BCUT2D eigenvalue weighted by molar-refractivity contribution is 7.99. The zero-order valence-corrected chi connectivity index (χ0v) is 11.4. The molecule has 1 aromatic carbocycles. The van der Waals surface area contributed by atoms with Crippen molar-refractivity contribution in [2.24, 2.45) is 0 Å². The molecule has 0 saturated heterocycles. The molecule has 2 aromatic rings. The van der Waals surface area contributed by atoms with Crippen LogP contribution >= 0.6 is 35.0 Å². The highest BCUT2D eigenvalue weighted by Gasteiger charge is 2.00. The Morgan fingerprint density at radius 3 is 2.47 bits per heavy atom.